The zero-order valence-corrected chi connectivity index (χ0v) is 19.2. The Morgan fingerprint density at radius 1 is 1.19 bits per heavy atom. The molecule has 3 aromatic rings. The van der Waals surface area contributed by atoms with Crippen LogP contribution in [0.1, 0.15) is 41.7 Å². The highest BCUT2D eigenvalue weighted by Crippen LogP contribution is 2.43. The maximum Gasteiger partial charge on any atom is 0.413 e. The Kier molecular flexibility index (Phi) is 6.39. The van der Waals surface area contributed by atoms with Crippen molar-refractivity contribution < 1.29 is 14.3 Å². The molecule has 2 amide bonds. The highest BCUT2D eigenvalue weighted by atomic mass is 35.5. The molecule has 1 aliphatic rings. The molecule has 0 aliphatic heterocycles. The average Bonchev–Trinajstić information content (AvgIpc) is 3.52. The number of carbonyl (C=O) groups is 2. The summed E-state index contributed by atoms with van der Waals surface area (Å²) in [5, 5.41) is 8.36. The zero-order valence-electron chi connectivity index (χ0n) is 17.6. The van der Waals surface area contributed by atoms with Crippen LogP contribution in [0.2, 0.25) is 10.0 Å². The predicted molar refractivity (Wildman–Crippen MR) is 125 cm³/mol. The van der Waals surface area contributed by atoms with Gasteiger partial charge in [0.25, 0.3) is 5.91 Å². The Bertz CT molecular complexity index is 1160. The maximum absolute atomic E-state index is 13.1. The van der Waals surface area contributed by atoms with E-state index in [2.05, 4.69) is 10.4 Å². The Morgan fingerprint density at radius 2 is 1.91 bits per heavy atom. The number of rotatable bonds is 6. The summed E-state index contributed by atoms with van der Waals surface area (Å²) in [5.41, 5.74) is 3.29. The summed E-state index contributed by atoms with van der Waals surface area (Å²) in [5.74, 6) is 0.000307. The summed E-state index contributed by atoms with van der Waals surface area (Å²) >= 11 is 12.4. The van der Waals surface area contributed by atoms with Crippen molar-refractivity contribution in [2.75, 3.05) is 23.9 Å². The fourth-order valence-electron chi connectivity index (χ4n) is 3.42. The van der Waals surface area contributed by atoms with Crippen LogP contribution in [0, 0.1) is 0 Å². The van der Waals surface area contributed by atoms with Crippen LogP contribution in [0.5, 0.6) is 0 Å². The summed E-state index contributed by atoms with van der Waals surface area (Å²) in [6.45, 7) is 2.05. The Hall–Kier alpha value is -3.03. The van der Waals surface area contributed by atoms with Gasteiger partial charge in [0.05, 0.1) is 34.8 Å². The van der Waals surface area contributed by atoms with E-state index in [4.69, 9.17) is 27.9 Å². The van der Waals surface area contributed by atoms with Gasteiger partial charge in [-0.3, -0.25) is 9.69 Å². The third-order valence-electron chi connectivity index (χ3n) is 5.21. The molecule has 0 bridgehead atoms. The van der Waals surface area contributed by atoms with E-state index in [-0.39, 0.29) is 11.8 Å². The van der Waals surface area contributed by atoms with Crippen molar-refractivity contribution in [3.05, 3.63) is 70.0 Å². The first-order valence-electron chi connectivity index (χ1n) is 10.2. The molecule has 1 aliphatic carbocycles. The molecule has 1 N–H and O–H groups in total. The Labute approximate surface area is 195 Å². The predicted octanol–water partition coefficient (Wildman–Crippen LogP) is 5.90. The molecular formula is C23H22Cl2N4O3. The van der Waals surface area contributed by atoms with E-state index in [0.717, 1.165) is 18.5 Å². The fourth-order valence-corrected chi connectivity index (χ4v) is 3.91. The molecule has 0 atom stereocenters. The van der Waals surface area contributed by atoms with Crippen LogP contribution in [0.15, 0.2) is 48.7 Å². The summed E-state index contributed by atoms with van der Waals surface area (Å²) in [7, 11) is 1.63. The van der Waals surface area contributed by atoms with E-state index < -0.39 is 6.09 Å². The minimum absolute atomic E-state index is 0.255. The number of carbonyl (C=O) groups excluding carboxylic acids is 2. The van der Waals surface area contributed by atoms with Crippen LogP contribution >= 0.6 is 23.2 Å². The normalized spacial score (nSPS) is 13.0. The van der Waals surface area contributed by atoms with Gasteiger partial charge in [-0.25, -0.2) is 9.48 Å². The molecule has 0 spiro atoms. The van der Waals surface area contributed by atoms with Gasteiger partial charge in [-0.15, -0.1) is 0 Å². The molecule has 7 nitrogen and oxygen atoms in total. The van der Waals surface area contributed by atoms with Crippen molar-refractivity contribution in [1.29, 1.82) is 0 Å². The molecule has 4 rings (SSSR count). The van der Waals surface area contributed by atoms with Gasteiger partial charge >= 0.3 is 6.09 Å². The minimum atomic E-state index is -0.438. The first-order chi connectivity index (χ1) is 15.4. The summed E-state index contributed by atoms with van der Waals surface area (Å²) in [6.07, 6.45) is 3.11. The number of amides is 2. The minimum Gasteiger partial charge on any atom is -0.449 e. The van der Waals surface area contributed by atoms with Crippen LogP contribution in [0.25, 0.3) is 5.69 Å². The van der Waals surface area contributed by atoms with Crippen molar-refractivity contribution >= 4 is 46.6 Å². The molecule has 1 saturated carbocycles. The lowest BCUT2D eigenvalue weighted by molar-refractivity contribution is 0.102. The molecule has 1 heterocycles. The molecule has 166 valence electrons. The molecule has 32 heavy (non-hydrogen) atoms. The van der Waals surface area contributed by atoms with E-state index in [1.165, 1.54) is 4.90 Å². The topological polar surface area (TPSA) is 76.5 Å². The van der Waals surface area contributed by atoms with Crippen molar-refractivity contribution in [3.8, 4) is 5.69 Å². The number of aromatic nitrogens is 2. The van der Waals surface area contributed by atoms with Gasteiger partial charge in [0, 0.05) is 29.4 Å². The molecule has 2 aromatic carbocycles. The maximum atomic E-state index is 13.1. The SMILES string of the molecule is CCOC(=O)N(C)c1ccc(NC(=O)c2cnn(-c3ccc(Cl)cc3Cl)c2C2CC2)cc1. The Balaban J connectivity index is 1.55. The summed E-state index contributed by atoms with van der Waals surface area (Å²) in [6, 6.07) is 12.2. The quantitative estimate of drug-likeness (QED) is 0.484. The van der Waals surface area contributed by atoms with Crippen molar-refractivity contribution in [1.82, 2.24) is 9.78 Å². The molecule has 0 radical (unpaired) electrons. The van der Waals surface area contributed by atoms with Gasteiger partial charge in [0.2, 0.25) is 0 Å². The summed E-state index contributed by atoms with van der Waals surface area (Å²) < 4.78 is 6.72. The third kappa shape index (κ3) is 4.59. The number of hydrogen-bond donors (Lipinski definition) is 1. The fraction of sp³-hybridized carbons (Fsp3) is 0.261. The first kappa shape index (κ1) is 22.2. The first-order valence-corrected chi connectivity index (χ1v) is 11.0. The van der Waals surface area contributed by atoms with Crippen LogP contribution in [0.3, 0.4) is 0 Å². The standard InChI is InChI=1S/C23H22Cl2N4O3/c1-3-32-23(31)28(2)17-9-7-16(8-10-17)27-22(30)18-13-26-29(21(18)14-4-5-14)20-11-6-15(24)12-19(20)25/h6-14H,3-5H2,1-2H3,(H,27,30). The average molecular weight is 473 g/mol. The lowest BCUT2D eigenvalue weighted by atomic mass is 10.1. The number of ether oxygens (including phenoxy) is 1. The smallest absolute Gasteiger partial charge is 0.413 e. The van der Waals surface area contributed by atoms with Crippen LogP contribution in [-0.4, -0.2) is 35.4 Å². The van der Waals surface area contributed by atoms with Crippen molar-refractivity contribution in [3.63, 3.8) is 0 Å². The van der Waals surface area contributed by atoms with Crippen LogP contribution in [-0.2, 0) is 4.74 Å². The second-order valence-corrected chi connectivity index (χ2v) is 8.33. The van der Waals surface area contributed by atoms with E-state index >= 15 is 0 Å². The molecular weight excluding hydrogens is 451 g/mol. The molecule has 1 aromatic heterocycles. The molecule has 0 unspecified atom stereocenters. The highest BCUT2D eigenvalue weighted by Gasteiger charge is 2.33. The van der Waals surface area contributed by atoms with Crippen molar-refractivity contribution in [2.45, 2.75) is 25.7 Å². The summed E-state index contributed by atoms with van der Waals surface area (Å²) in [4.78, 5) is 26.3. The number of anilines is 2. The van der Waals surface area contributed by atoms with Gasteiger partial charge in [-0.05, 0) is 62.2 Å². The lowest BCUT2D eigenvalue weighted by Gasteiger charge is -2.17. The van der Waals surface area contributed by atoms with E-state index in [9.17, 15) is 9.59 Å². The number of nitrogens with one attached hydrogen (secondary N) is 1. The second-order valence-electron chi connectivity index (χ2n) is 7.48. The highest BCUT2D eigenvalue weighted by molar-refractivity contribution is 6.35. The number of halogens is 2. The number of benzene rings is 2. The lowest BCUT2D eigenvalue weighted by Crippen LogP contribution is -2.26. The largest absolute Gasteiger partial charge is 0.449 e. The zero-order chi connectivity index (χ0) is 22.8. The number of nitrogens with zero attached hydrogens (tertiary/aromatic N) is 3. The van der Waals surface area contributed by atoms with Gasteiger partial charge in [0.1, 0.15) is 0 Å². The molecule has 0 saturated heterocycles. The van der Waals surface area contributed by atoms with E-state index in [0.29, 0.717) is 39.3 Å². The molecule has 9 heteroatoms. The third-order valence-corrected chi connectivity index (χ3v) is 5.75. The van der Waals surface area contributed by atoms with Gasteiger partial charge < -0.3 is 10.1 Å². The van der Waals surface area contributed by atoms with Crippen molar-refractivity contribution in [2.24, 2.45) is 0 Å². The van der Waals surface area contributed by atoms with E-state index in [1.807, 2.05) is 0 Å². The number of hydrogen-bond acceptors (Lipinski definition) is 4. The molecule has 1 fully saturated rings. The van der Waals surface area contributed by atoms with Gasteiger partial charge in [-0.1, -0.05) is 23.2 Å². The van der Waals surface area contributed by atoms with Gasteiger partial charge in [0.15, 0.2) is 0 Å². The van der Waals surface area contributed by atoms with E-state index in [1.54, 1.807) is 67.3 Å². The van der Waals surface area contributed by atoms with Crippen LogP contribution in [0.4, 0.5) is 16.2 Å². The Morgan fingerprint density at radius 3 is 2.53 bits per heavy atom. The van der Waals surface area contributed by atoms with Gasteiger partial charge in [-0.2, -0.15) is 5.10 Å². The monoisotopic (exact) mass is 472 g/mol. The van der Waals surface area contributed by atoms with Crippen LogP contribution < -0.4 is 10.2 Å². The second kappa shape index (κ2) is 9.22.